The van der Waals surface area contributed by atoms with E-state index in [2.05, 4.69) is 18.2 Å². The summed E-state index contributed by atoms with van der Waals surface area (Å²) in [5.41, 5.74) is 2.18. The highest BCUT2D eigenvalue weighted by Crippen LogP contribution is 1.98. The van der Waals surface area contributed by atoms with Crippen LogP contribution in [0.25, 0.3) is 0 Å². The number of nitrogens with zero attached hydrogens (tertiary/aromatic N) is 1. The van der Waals surface area contributed by atoms with Gasteiger partial charge in [0.1, 0.15) is 0 Å². The summed E-state index contributed by atoms with van der Waals surface area (Å²) >= 11 is 0. The lowest BCUT2D eigenvalue weighted by Gasteiger charge is -1.95. The highest BCUT2D eigenvalue weighted by molar-refractivity contribution is 5.79. The van der Waals surface area contributed by atoms with Crippen molar-refractivity contribution >= 4 is 6.21 Å². The Morgan fingerprint density at radius 1 is 1.20 bits per heavy atom. The zero-order valence-corrected chi connectivity index (χ0v) is 8.76. The summed E-state index contributed by atoms with van der Waals surface area (Å²) in [6.07, 6.45) is 7.31. The van der Waals surface area contributed by atoms with Crippen molar-refractivity contribution in [2.24, 2.45) is 4.99 Å². The number of hydrogen-bond donors (Lipinski definition) is 0. The minimum Gasteiger partial charge on any atom is -0.288 e. The maximum atomic E-state index is 4.32. The molecule has 0 amide bonds. The summed E-state index contributed by atoms with van der Waals surface area (Å²) in [5, 5.41) is 0. The van der Waals surface area contributed by atoms with Crippen LogP contribution in [0.5, 0.6) is 0 Å². The standard InChI is InChI=1S/C14H15N/c1-3-8-13(4-2)11-15-12-14-9-6-5-7-10-14/h3-10,12H,1-2,11H2/b13-8+,15-12?. The van der Waals surface area contributed by atoms with Gasteiger partial charge in [-0.2, -0.15) is 0 Å². The fourth-order valence-electron chi connectivity index (χ4n) is 1.13. The van der Waals surface area contributed by atoms with E-state index in [4.69, 9.17) is 0 Å². The van der Waals surface area contributed by atoms with Gasteiger partial charge in [0, 0.05) is 6.21 Å². The van der Waals surface area contributed by atoms with Crippen LogP contribution in [0, 0.1) is 0 Å². The average Bonchev–Trinajstić information content (AvgIpc) is 2.29. The molecule has 1 aromatic carbocycles. The summed E-state index contributed by atoms with van der Waals surface area (Å²) in [7, 11) is 0. The Balaban J connectivity index is 2.56. The molecule has 1 heteroatoms. The summed E-state index contributed by atoms with van der Waals surface area (Å²) in [6, 6.07) is 10.0. The largest absolute Gasteiger partial charge is 0.288 e. The van der Waals surface area contributed by atoms with Crippen LogP contribution in [0.2, 0.25) is 0 Å². The number of aliphatic imine (C=N–C) groups is 1. The van der Waals surface area contributed by atoms with E-state index in [1.54, 1.807) is 12.2 Å². The van der Waals surface area contributed by atoms with Gasteiger partial charge in [-0.25, -0.2) is 0 Å². The summed E-state index contributed by atoms with van der Waals surface area (Å²) < 4.78 is 0. The van der Waals surface area contributed by atoms with Crippen molar-refractivity contribution in [1.29, 1.82) is 0 Å². The van der Waals surface area contributed by atoms with E-state index >= 15 is 0 Å². The van der Waals surface area contributed by atoms with Crippen molar-refractivity contribution in [3.05, 3.63) is 72.9 Å². The van der Waals surface area contributed by atoms with Crippen LogP contribution in [0.1, 0.15) is 5.56 Å². The molecule has 1 aromatic rings. The Labute approximate surface area is 91.2 Å². The molecule has 0 atom stereocenters. The maximum absolute atomic E-state index is 4.32. The molecule has 0 aliphatic carbocycles. The van der Waals surface area contributed by atoms with E-state index in [-0.39, 0.29) is 0 Å². The lowest BCUT2D eigenvalue weighted by atomic mass is 10.2. The topological polar surface area (TPSA) is 12.4 Å². The Bertz CT molecular complexity index is 372. The van der Waals surface area contributed by atoms with E-state index in [1.807, 2.05) is 42.6 Å². The number of allylic oxidation sites excluding steroid dienone is 2. The van der Waals surface area contributed by atoms with Crippen molar-refractivity contribution in [2.45, 2.75) is 0 Å². The molecule has 0 N–H and O–H groups in total. The molecular weight excluding hydrogens is 182 g/mol. The predicted molar refractivity (Wildman–Crippen MR) is 67.4 cm³/mol. The number of hydrogen-bond acceptors (Lipinski definition) is 1. The lowest BCUT2D eigenvalue weighted by molar-refractivity contribution is 1.19. The molecular formula is C14H15N. The van der Waals surface area contributed by atoms with E-state index in [9.17, 15) is 0 Å². The van der Waals surface area contributed by atoms with Crippen LogP contribution in [0.3, 0.4) is 0 Å². The molecule has 0 aliphatic rings. The molecule has 0 heterocycles. The van der Waals surface area contributed by atoms with E-state index < -0.39 is 0 Å². The molecule has 0 radical (unpaired) electrons. The molecule has 76 valence electrons. The second-order valence-corrected chi connectivity index (χ2v) is 3.06. The van der Waals surface area contributed by atoms with Gasteiger partial charge < -0.3 is 0 Å². The van der Waals surface area contributed by atoms with E-state index in [1.165, 1.54) is 0 Å². The third-order valence-corrected chi connectivity index (χ3v) is 1.91. The van der Waals surface area contributed by atoms with Gasteiger partial charge in [0.2, 0.25) is 0 Å². The Morgan fingerprint density at radius 3 is 2.53 bits per heavy atom. The first-order valence-electron chi connectivity index (χ1n) is 4.85. The zero-order chi connectivity index (χ0) is 10.9. The van der Waals surface area contributed by atoms with Crippen molar-refractivity contribution < 1.29 is 0 Å². The van der Waals surface area contributed by atoms with Crippen molar-refractivity contribution in [3.63, 3.8) is 0 Å². The van der Waals surface area contributed by atoms with Crippen molar-refractivity contribution in [2.75, 3.05) is 6.54 Å². The SMILES string of the molecule is C=C/C=C(\C=C)CN=Cc1ccccc1. The Kier molecular flexibility index (Phi) is 4.88. The highest BCUT2D eigenvalue weighted by Gasteiger charge is 1.87. The second-order valence-electron chi connectivity index (χ2n) is 3.06. The van der Waals surface area contributed by atoms with Crippen molar-refractivity contribution in [1.82, 2.24) is 0 Å². The van der Waals surface area contributed by atoms with Crippen LogP contribution in [0.15, 0.2) is 72.3 Å². The Hall–Kier alpha value is -1.89. The monoisotopic (exact) mass is 197 g/mol. The molecule has 0 fully saturated rings. The number of benzene rings is 1. The van der Waals surface area contributed by atoms with Crippen LogP contribution in [0.4, 0.5) is 0 Å². The van der Waals surface area contributed by atoms with Gasteiger partial charge in [-0.15, -0.1) is 0 Å². The van der Waals surface area contributed by atoms with Gasteiger partial charge in [0.15, 0.2) is 0 Å². The third kappa shape index (κ3) is 4.23. The minimum atomic E-state index is 0.643. The normalized spacial score (nSPS) is 11.6. The highest BCUT2D eigenvalue weighted by atomic mass is 14.7. The first-order valence-corrected chi connectivity index (χ1v) is 4.85. The first kappa shape index (κ1) is 11.2. The Morgan fingerprint density at radius 2 is 1.93 bits per heavy atom. The van der Waals surface area contributed by atoms with E-state index in [0.717, 1.165) is 11.1 Å². The zero-order valence-electron chi connectivity index (χ0n) is 8.76. The fraction of sp³-hybridized carbons (Fsp3) is 0.0714. The molecule has 0 aliphatic heterocycles. The second kappa shape index (κ2) is 6.55. The first-order chi connectivity index (χ1) is 7.36. The van der Waals surface area contributed by atoms with Gasteiger partial charge in [-0.05, 0) is 11.1 Å². The summed E-state index contributed by atoms with van der Waals surface area (Å²) in [5.74, 6) is 0. The molecule has 0 bridgehead atoms. The summed E-state index contributed by atoms with van der Waals surface area (Å²) in [4.78, 5) is 4.32. The average molecular weight is 197 g/mol. The fourth-order valence-corrected chi connectivity index (χ4v) is 1.13. The van der Waals surface area contributed by atoms with Crippen LogP contribution in [-0.2, 0) is 0 Å². The van der Waals surface area contributed by atoms with Crippen LogP contribution >= 0.6 is 0 Å². The van der Waals surface area contributed by atoms with Gasteiger partial charge in [-0.3, -0.25) is 4.99 Å². The predicted octanol–water partition coefficient (Wildman–Crippen LogP) is 3.40. The molecule has 0 saturated heterocycles. The molecule has 1 nitrogen and oxygen atoms in total. The molecule has 15 heavy (non-hydrogen) atoms. The van der Waals surface area contributed by atoms with Gasteiger partial charge in [-0.1, -0.05) is 61.7 Å². The molecule has 0 saturated carbocycles. The van der Waals surface area contributed by atoms with Gasteiger partial charge in [0.05, 0.1) is 6.54 Å². The van der Waals surface area contributed by atoms with E-state index in [0.29, 0.717) is 6.54 Å². The maximum Gasteiger partial charge on any atom is 0.0639 e. The lowest BCUT2D eigenvalue weighted by Crippen LogP contribution is -1.86. The minimum absolute atomic E-state index is 0.643. The molecule has 0 unspecified atom stereocenters. The van der Waals surface area contributed by atoms with Gasteiger partial charge >= 0.3 is 0 Å². The third-order valence-electron chi connectivity index (χ3n) is 1.91. The molecule has 0 aromatic heterocycles. The van der Waals surface area contributed by atoms with Crippen molar-refractivity contribution in [3.8, 4) is 0 Å². The summed E-state index contributed by atoms with van der Waals surface area (Å²) in [6.45, 7) is 8.00. The molecule has 1 rings (SSSR count). The van der Waals surface area contributed by atoms with Crippen LogP contribution in [-0.4, -0.2) is 12.8 Å². The quantitative estimate of drug-likeness (QED) is 0.506. The van der Waals surface area contributed by atoms with Gasteiger partial charge in [0.25, 0.3) is 0 Å². The molecule has 0 spiro atoms. The smallest absolute Gasteiger partial charge is 0.0639 e. The van der Waals surface area contributed by atoms with Crippen LogP contribution < -0.4 is 0 Å². The number of rotatable bonds is 5.